The molecule has 0 spiro atoms. The van der Waals surface area contributed by atoms with Crippen molar-refractivity contribution in [3.05, 3.63) is 17.3 Å². The monoisotopic (exact) mass is 178 g/mol. The van der Waals surface area contributed by atoms with Gasteiger partial charge in [0.1, 0.15) is 0 Å². The van der Waals surface area contributed by atoms with E-state index in [0.717, 1.165) is 18.7 Å². The fraction of sp³-hybridized carbons (Fsp3) is 0.600. The number of hydrogen-bond acceptors (Lipinski definition) is 3. The Kier molecular flexibility index (Phi) is 2.43. The second-order valence-electron chi connectivity index (χ2n) is 3.45. The third-order valence-electron chi connectivity index (χ3n) is 2.28. The predicted octanol–water partition coefficient (Wildman–Crippen LogP) is 2.59. The topological polar surface area (TPSA) is 38.9 Å². The van der Waals surface area contributed by atoms with E-state index in [2.05, 4.69) is 17.1 Å². The molecule has 0 unspecified atom stereocenters. The minimum atomic E-state index is 0.679. The molecule has 2 rings (SSSR count). The molecule has 0 saturated heterocycles. The zero-order valence-corrected chi connectivity index (χ0v) is 7.92. The number of hydrogen-bond donors (Lipinski definition) is 0. The first kappa shape index (κ1) is 8.48. The molecule has 0 aromatic carbocycles. The summed E-state index contributed by atoms with van der Waals surface area (Å²) in [7, 11) is 0. The molecule has 1 aromatic heterocycles. The first-order valence-electron chi connectivity index (χ1n) is 4.90. The van der Waals surface area contributed by atoms with Crippen molar-refractivity contribution in [1.29, 1.82) is 0 Å². The Morgan fingerprint density at radius 3 is 2.92 bits per heavy atom. The SMILES string of the molecule is CCCc1noc(C=C2CCC2)n1. The Morgan fingerprint density at radius 2 is 2.31 bits per heavy atom. The van der Waals surface area contributed by atoms with Gasteiger partial charge in [-0.3, -0.25) is 0 Å². The van der Waals surface area contributed by atoms with Crippen LogP contribution >= 0.6 is 0 Å². The van der Waals surface area contributed by atoms with E-state index in [4.69, 9.17) is 4.52 Å². The third-order valence-corrected chi connectivity index (χ3v) is 2.28. The van der Waals surface area contributed by atoms with Crippen molar-refractivity contribution < 1.29 is 4.52 Å². The van der Waals surface area contributed by atoms with E-state index in [1.54, 1.807) is 0 Å². The normalized spacial score (nSPS) is 15.6. The lowest BCUT2D eigenvalue weighted by atomic mass is 9.92. The zero-order chi connectivity index (χ0) is 9.10. The third kappa shape index (κ3) is 1.97. The van der Waals surface area contributed by atoms with Gasteiger partial charge in [0.05, 0.1) is 0 Å². The van der Waals surface area contributed by atoms with Gasteiger partial charge >= 0.3 is 0 Å². The minimum absolute atomic E-state index is 0.679. The second-order valence-corrected chi connectivity index (χ2v) is 3.45. The van der Waals surface area contributed by atoms with Gasteiger partial charge in [0.15, 0.2) is 5.82 Å². The molecule has 0 aliphatic heterocycles. The second kappa shape index (κ2) is 3.73. The lowest BCUT2D eigenvalue weighted by molar-refractivity contribution is 0.401. The van der Waals surface area contributed by atoms with Gasteiger partial charge in [-0.2, -0.15) is 4.98 Å². The average Bonchev–Trinajstić information content (AvgIpc) is 2.46. The summed E-state index contributed by atoms with van der Waals surface area (Å²) in [6, 6.07) is 0. The smallest absolute Gasteiger partial charge is 0.250 e. The molecule has 0 N–H and O–H groups in total. The number of allylic oxidation sites excluding steroid dienone is 1. The van der Waals surface area contributed by atoms with Crippen LogP contribution in [0.4, 0.5) is 0 Å². The fourth-order valence-corrected chi connectivity index (χ4v) is 1.35. The van der Waals surface area contributed by atoms with E-state index < -0.39 is 0 Å². The van der Waals surface area contributed by atoms with Gasteiger partial charge in [-0.05, 0) is 25.7 Å². The van der Waals surface area contributed by atoms with Crippen LogP contribution in [0.5, 0.6) is 0 Å². The van der Waals surface area contributed by atoms with E-state index in [-0.39, 0.29) is 0 Å². The summed E-state index contributed by atoms with van der Waals surface area (Å²) in [6.07, 6.45) is 7.71. The maximum absolute atomic E-state index is 5.09. The number of aromatic nitrogens is 2. The van der Waals surface area contributed by atoms with Crippen LogP contribution in [0, 0.1) is 0 Å². The van der Waals surface area contributed by atoms with Crippen LogP contribution in [0.3, 0.4) is 0 Å². The molecule has 13 heavy (non-hydrogen) atoms. The molecular weight excluding hydrogens is 164 g/mol. The van der Waals surface area contributed by atoms with Crippen LogP contribution in [0.15, 0.2) is 10.1 Å². The van der Waals surface area contributed by atoms with Gasteiger partial charge in [0.2, 0.25) is 0 Å². The quantitative estimate of drug-likeness (QED) is 0.714. The Bertz CT molecular complexity index is 308. The summed E-state index contributed by atoms with van der Waals surface area (Å²) in [5.41, 5.74) is 1.44. The number of nitrogens with zero attached hydrogens (tertiary/aromatic N) is 2. The summed E-state index contributed by atoms with van der Waals surface area (Å²) in [5, 5.41) is 3.89. The lowest BCUT2D eigenvalue weighted by Crippen LogP contribution is -1.95. The van der Waals surface area contributed by atoms with Gasteiger partial charge in [-0.1, -0.05) is 17.7 Å². The minimum Gasteiger partial charge on any atom is -0.335 e. The molecule has 1 aliphatic rings. The molecule has 3 nitrogen and oxygen atoms in total. The molecule has 70 valence electrons. The molecule has 3 heteroatoms. The highest BCUT2D eigenvalue weighted by Crippen LogP contribution is 2.26. The first-order chi connectivity index (χ1) is 6.38. The molecule has 1 aliphatic carbocycles. The van der Waals surface area contributed by atoms with E-state index in [9.17, 15) is 0 Å². The highest BCUT2D eigenvalue weighted by Gasteiger charge is 2.10. The Balaban J connectivity index is 2.04. The molecule has 1 fully saturated rings. The number of aryl methyl sites for hydroxylation is 1. The van der Waals surface area contributed by atoms with Gasteiger partial charge in [0, 0.05) is 12.5 Å². The Morgan fingerprint density at radius 1 is 1.46 bits per heavy atom. The van der Waals surface area contributed by atoms with E-state index >= 15 is 0 Å². The van der Waals surface area contributed by atoms with Gasteiger partial charge < -0.3 is 4.52 Å². The predicted molar refractivity (Wildman–Crippen MR) is 50.1 cm³/mol. The van der Waals surface area contributed by atoms with Gasteiger partial charge in [0.25, 0.3) is 5.89 Å². The van der Waals surface area contributed by atoms with Crippen LogP contribution in [0.1, 0.15) is 44.3 Å². The van der Waals surface area contributed by atoms with E-state index in [1.807, 2.05) is 6.08 Å². The van der Waals surface area contributed by atoms with E-state index in [0.29, 0.717) is 5.89 Å². The largest absolute Gasteiger partial charge is 0.335 e. The van der Waals surface area contributed by atoms with Gasteiger partial charge in [-0.25, -0.2) is 0 Å². The Labute approximate surface area is 77.8 Å². The van der Waals surface area contributed by atoms with Crippen molar-refractivity contribution in [3.63, 3.8) is 0 Å². The van der Waals surface area contributed by atoms with Crippen LogP contribution in [0.25, 0.3) is 6.08 Å². The highest BCUT2D eigenvalue weighted by atomic mass is 16.5. The molecule has 1 aromatic rings. The summed E-state index contributed by atoms with van der Waals surface area (Å²) < 4.78 is 5.09. The van der Waals surface area contributed by atoms with Crippen molar-refractivity contribution in [2.24, 2.45) is 0 Å². The molecule has 0 radical (unpaired) electrons. The van der Waals surface area contributed by atoms with Crippen molar-refractivity contribution in [1.82, 2.24) is 10.1 Å². The molecule has 0 atom stereocenters. The van der Waals surface area contributed by atoms with Crippen molar-refractivity contribution in [2.75, 3.05) is 0 Å². The average molecular weight is 178 g/mol. The van der Waals surface area contributed by atoms with Crippen LogP contribution in [-0.2, 0) is 6.42 Å². The van der Waals surface area contributed by atoms with Gasteiger partial charge in [-0.15, -0.1) is 0 Å². The zero-order valence-electron chi connectivity index (χ0n) is 7.92. The van der Waals surface area contributed by atoms with Crippen LogP contribution in [-0.4, -0.2) is 10.1 Å². The Hall–Kier alpha value is -1.12. The summed E-state index contributed by atoms with van der Waals surface area (Å²) >= 11 is 0. The summed E-state index contributed by atoms with van der Waals surface area (Å²) in [6.45, 7) is 2.11. The van der Waals surface area contributed by atoms with E-state index in [1.165, 1.54) is 24.8 Å². The maximum atomic E-state index is 5.09. The summed E-state index contributed by atoms with van der Waals surface area (Å²) in [5.74, 6) is 1.51. The fourth-order valence-electron chi connectivity index (χ4n) is 1.35. The van der Waals surface area contributed by atoms with Crippen molar-refractivity contribution in [3.8, 4) is 0 Å². The molecule has 0 bridgehead atoms. The van der Waals surface area contributed by atoms with Crippen molar-refractivity contribution in [2.45, 2.75) is 39.0 Å². The molecular formula is C10H14N2O. The highest BCUT2D eigenvalue weighted by molar-refractivity contribution is 5.45. The van der Waals surface area contributed by atoms with Crippen LogP contribution < -0.4 is 0 Å². The lowest BCUT2D eigenvalue weighted by Gasteiger charge is -2.14. The molecule has 1 saturated carbocycles. The summed E-state index contributed by atoms with van der Waals surface area (Å²) in [4.78, 5) is 4.27. The standard InChI is InChI=1S/C10H14N2O/c1-2-4-9-11-10(13-12-9)7-8-5-3-6-8/h7H,2-6H2,1H3. The molecule has 1 heterocycles. The van der Waals surface area contributed by atoms with Crippen molar-refractivity contribution >= 4 is 6.08 Å². The van der Waals surface area contributed by atoms with Crippen LogP contribution in [0.2, 0.25) is 0 Å². The molecule has 0 amide bonds. The number of rotatable bonds is 3. The first-order valence-corrected chi connectivity index (χ1v) is 4.90. The maximum Gasteiger partial charge on any atom is 0.250 e.